The molecule has 0 saturated carbocycles. The molecule has 3 rings (SSSR count). The largest absolute Gasteiger partial charge is 0.508 e. The predicted molar refractivity (Wildman–Crippen MR) is 98.0 cm³/mol. The monoisotopic (exact) mass is 339 g/mol. The van der Waals surface area contributed by atoms with Crippen LogP contribution in [0.4, 0.5) is 0 Å². The van der Waals surface area contributed by atoms with Gasteiger partial charge in [-0.1, -0.05) is 24.3 Å². The number of ether oxygens (including phenoxy) is 1. The second-order valence-corrected chi connectivity index (χ2v) is 6.62. The van der Waals surface area contributed by atoms with Crippen LogP contribution < -0.4 is 4.74 Å². The van der Waals surface area contributed by atoms with Crippen LogP contribution in [0, 0.1) is 0 Å². The number of benzene rings is 2. The van der Waals surface area contributed by atoms with Gasteiger partial charge in [-0.25, -0.2) is 0 Å². The minimum absolute atomic E-state index is 0.245. The number of phenols is 1. The van der Waals surface area contributed by atoms with Gasteiger partial charge in [0.15, 0.2) is 0 Å². The lowest BCUT2D eigenvalue weighted by molar-refractivity contribution is -0.130. The Kier molecular flexibility index (Phi) is 5.59. The molecule has 2 aromatic carbocycles. The maximum absolute atomic E-state index is 12.4. The van der Waals surface area contributed by atoms with Gasteiger partial charge in [-0.05, 0) is 54.7 Å². The quantitative estimate of drug-likeness (QED) is 0.872. The molecule has 1 amide bonds. The van der Waals surface area contributed by atoms with Crippen molar-refractivity contribution in [2.75, 3.05) is 20.2 Å². The van der Waals surface area contributed by atoms with Crippen LogP contribution >= 0.6 is 0 Å². The number of amides is 1. The number of aromatic hydroxyl groups is 1. The molecule has 1 fully saturated rings. The molecule has 0 radical (unpaired) electrons. The first-order valence-corrected chi connectivity index (χ1v) is 8.85. The van der Waals surface area contributed by atoms with Crippen molar-refractivity contribution in [1.29, 1.82) is 0 Å². The zero-order valence-electron chi connectivity index (χ0n) is 14.6. The van der Waals surface area contributed by atoms with E-state index < -0.39 is 0 Å². The van der Waals surface area contributed by atoms with Crippen molar-refractivity contribution in [2.24, 2.45) is 0 Å². The standard InChI is InChI=1S/C21H25NO3/c1-25-20-11-7-17(8-12-20)18-13-14-22(15-18)21(24)4-2-3-16-5-9-19(23)10-6-16/h5-12,18,23H,2-4,13-15H2,1H3/t18-/m0/s1. The van der Waals surface area contributed by atoms with E-state index in [1.807, 2.05) is 29.2 Å². The number of phenolic OH excluding ortho intramolecular Hbond substituents is 1. The van der Waals surface area contributed by atoms with Crippen LogP contribution in [0.5, 0.6) is 11.5 Å². The molecule has 4 nitrogen and oxygen atoms in total. The number of rotatable bonds is 6. The Balaban J connectivity index is 1.46. The van der Waals surface area contributed by atoms with E-state index in [-0.39, 0.29) is 11.7 Å². The average Bonchev–Trinajstić information content (AvgIpc) is 3.13. The van der Waals surface area contributed by atoms with Crippen LogP contribution in [0.2, 0.25) is 0 Å². The Labute approximate surface area is 149 Å². The molecule has 1 aliphatic heterocycles. The van der Waals surface area contributed by atoms with Gasteiger partial charge < -0.3 is 14.7 Å². The van der Waals surface area contributed by atoms with Crippen molar-refractivity contribution in [3.05, 3.63) is 59.7 Å². The summed E-state index contributed by atoms with van der Waals surface area (Å²) in [7, 11) is 1.67. The summed E-state index contributed by atoms with van der Waals surface area (Å²) in [5.74, 6) is 1.81. The summed E-state index contributed by atoms with van der Waals surface area (Å²) in [5, 5.41) is 9.29. The summed E-state index contributed by atoms with van der Waals surface area (Å²) in [6.45, 7) is 1.65. The lowest BCUT2D eigenvalue weighted by Crippen LogP contribution is -2.28. The van der Waals surface area contributed by atoms with Gasteiger partial charge in [0.25, 0.3) is 0 Å². The summed E-state index contributed by atoms with van der Waals surface area (Å²) in [6.07, 6.45) is 3.31. The van der Waals surface area contributed by atoms with E-state index >= 15 is 0 Å². The number of hydrogen-bond acceptors (Lipinski definition) is 3. The number of hydrogen-bond donors (Lipinski definition) is 1. The van der Waals surface area contributed by atoms with Crippen LogP contribution in [0.3, 0.4) is 0 Å². The van der Waals surface area contributed by atoms with Gasteiger partial charge in [-0.15, -0.1) is 0 Å². The molecular formula is C21H25NO3. The van der Waals surface area contributed by atoms with Crippen LogP contribution in [-0.2, 0) is 11.2 Å². The average molecular weight is 339 g/mol. The first kappa shape index (κ1) is 17.3. The molecule has 0 unspecified atom stereocenters. The molecule has 0 spiro atoms. The number of aryl methyl sites for hydroxylation is 1. The summed E-state index contributed by atoms with van der Waals surface area (Å²) in [6, 6.07) is 15.4. The van der Waals surface area contributed by atoms with E-state index in [2.05, 4.69) is 12.1 Å². The van der Waals surface area contributed by atoms with Crippen LogP contribution in [0.1, 0.15) is 36.3 Å². The van der Waals surface area contributed by atoms with Crippen LogP contribution in [0.25, 0.3) is 0 Å². The SMILES string of the molecule is COc1ccc([C@H]2CCN(C(=O)CCCc3ccc(O)cc3)C2)cc1. The number of likely N-dealkylation sites (tertiary alicyclic amines) is 1. The van der Waals surface area contributed by atoms with E-state index in [0.29, 0.717) is 12.3 Å². The predicted octanol–water partition coefficient (Wildman–Crippen LogP) is 3.74. The number of methoxy groups -OCH3 is 1. The number of nitrogens with zero attached hydrogens (tertiary/aromatic N) is 1. The normalized spacial score (nSPS) is 16.8. The van der Waals surface area contributed by atoms with Crippen molar-refractivity contribution < 1.29 is 14.6 Å². The Morgan fingerprint density at radius 3 is 2.56 bits per heavy atom. The second kappa shape index (κ2) is 8.06. The van der Waals surface area contributed by atoms with Gasteiger partial charge in [-0.3, -0.25) is 4.79 Å². The first-order chi connectivity index (χ1) is 12.2. The third-order valence-electron chi connectivity index (χ3n) is 4.92. The van der Waals surface area contributed by atoms with Crippen LogP contribution in [0.15, 0.2) is 48.5 Å². The van der Waals surface area contributed by atoms with Crippen molar-refractivity contribution in [2.45, 2.75) is 31.6 Å². The van der Waals surface area contributed by atoms with E-state index in [4.69, 9.17) is 4.74 Å². The van der Waals surface area contributed by atoms with Gasteiger partial charge in [0.2, 0.25) is 5.91 Å². The molecule has 4 heteroatoms. The highest BCUT2D eigenvalue weighted by Crippen LogP contribution is 2.29. The minimum Gasteiger partial charge on any atom is -0.508 e. The Morgan fingerprint density at radius 2 is 1.88 bits per heavy atom. The van der Waals surface area contributed by atoms with Crippen molar-refractivity contribution in [1.82, 2.24) is 4.90 Å². The maximum Gasteiger partial charge on any atom is 0.222 e. The smallest absolute Gasteiger partial charge is 0.222 e. The van der Waals surface area contributed by atoms with Gasteiger partial charge in [-0.2, -0.15) is 0 Å². The molecule has 0 bridgehead atoms. The molecule has 1 aliphatic rings. The fraction of sp³-hybridized carbons (Fsp3) is 0.381. The van der Waals surface area contributed by atoms with E-state index in [0.717, 1.165) is 43.7 Å². The Hall–Kier alpha value is -2.49. The molecule has 25 heavy (non-hydrogen) atoms. The fourth-order valence-corrected chi connectivity index (χ4v) is 3.40. The number of carbonyl (C=O) groups is 1. The van der Waals surface area contributed by atoms with E-state index in [1.165, 1.54) is 5.56 Å². The molecule has 1 N–H and O–H groups in total. The fourth-order valence-electron chi connectivity index (χ4n) is 3.40. The summed E-state index contributed by atoms with van der Waals surface area (Å²) >= 11 is 0. The third kappa shape index (κ3) is 4.53. The molecule has 1 heterocycles. The zero-order chi connectivity index (χ0) is 17.6. The highest BCUT2D eigenvalue weighted by molar-refractivity contribution is 5.76. The van der Waals surface area contributed by atoms with Gasteiger partial charge >= 0.3 is 0 Å². The highest BCUT2D eigenvalue weighted by Gasteiger charge is 2.26. The van der Waals surface area contributed by atoms with Gasteiger partial charge in [0.05, 0.1) is 7.11 Å². The van der Waals surface area contributed by atoms with Crippen molar-refractivity contribution >= 4 is 5.91 Å². The summed E-state index contributed by atoms with van der Waals surface area (Å²) in [5.41, 5.74) is 2.43. The molecule has 0 aromatic heterocycles. The topological polar surface area (TPSA) is 49.8 Å². The maximum atomic E-state index is 12.4. The minimum atomic E-state index is 0.245. The van der Waals surface area contributed by atoms with Crippen molar-refractivity contribution in [3.63, 3.8) is 0 Å². The number of carbonyl (C=O) groups excluding carboxylic acids is 1. The van der Waals surface area contributed by atoms with Crippen LogP contribution in [-0.4, -0.2) is 36.1 Å². The van der Waals surface area contributed by atoms with Gasteiger partial charge in [0, 0.05) is 25.4 Å². The second-order valence-electron chi connectivity index (χ2n) is 6.62. The van der Waals surface area contributed by atoms with E-state index in [9.17, 15) is 9.90 Å². The van der Waals surface area contributed by atoms with Gasteiger partial charge in [0.1, 0.15) is 11.5 Å². The summed E-state index contributed by atoms with van der Waals surface area (Å²) in [4.78, 5) is 14.4. The molecular weight excluding hydrogens is 314 g/mol. The highest BCUT2D eigenvalue weighted by atomic mass is 16.5. The first-order valence-electron chi connectivity index (χ1n) is 8.85. The zero-order valence-corrected chi connectivity index (χ0v) is 14.6. The molecule has 1 saturated heterocycles. The third-order valence-corrected chi connectivity index (χ3v) is 4.92. The molecule has 2 aromatic rings. The molecule has 1 atom stereocenters. The lowest BCUT2D eigenvalue weighted by Gasteiger charge is -2.17. The van der Waals surface area contributed by atoms with Crippen molar-refractivity contribution in [3.8, 4) is 11.5 Å². The Morgan fingerprint density at radius 1 is 1.16 bits per heavy atom. The lowest BCUT2D eigenvalue weighted by atomic mass is 9.98. The summed E-state index contributed by atoms with van der Waals surface area (Å²) < 4.78 is 5.20. The molecule has 132 valence electrons. The van der Waals surface area contributed by atoms with E-state index in [1.54, 1.807) is 19.2 Å². The Bertz CT molecular complexity index is 694. The molecule has 0 aliphatic carbocycles.